The average Bonchev–Trinajstić information content (AvgIpc) is 2.67. The predicted molar refractivity (Wildman–Crippen MR) is 95.8 cm³/mol. The molecule has 2 heterocycles. The molecule has 5 nitrogen and oxygen atoms in total. The van der Waals surface area contributed by atoms with Crippen molar-refractivity contribution in [2.75, 3.05) is 31.1 Å². The van der Waals surface area contributed by atoms with Gasteiger partial charge in [-0.3, -0.25) is 9.69 Å². The van der Waals surface area contributed by atoms with Crippen molar-refractivity contribution < 1.29 is 4.79 Å². The van der Waals surface area contributed by atoms with Crippen molar-refractivity contribution in [1.29, 1.82) is 0 Å². The smallest absolute Gasteiger partial charge is 0.237 e. The molecule has 24 heavy (non-hydrogen) atoms. The molecule has 1 N–H and O–H groups in total. The lowest BCUT2D eigenvalue weighted by Crippen LogP contribution is -2.54. The van der Waals surface area contributed by atoms with Crippen LogP contribution in [-0.4, -0.2) is 48.0 Å². The molecule has 0 unspecified atom stereocenters. The van der Waals surface area contributed by atoms with Crippen LogP contribution in [0.2, 0.25) is 0 Å². The molecule has 1 aromatic heterocycles. The third kappa shape index (κ3) is 4.11. The zero-order chi connectivity index (χ0) is 16.8. The van der Waals surface area contributed by atoms with Crippen molar-refractivity contribution in [2.24, 2.45) is 0 Å². The third-order valence-corrected chi connectivity index (χ3v) is 4.52. The fourth-order valence-electron chi connectivity index (χ4n) is 2.98. The molecular weight excluding hydrogens is 300 g/mol. The lowest BCUT2D eigenvalue weighted by molar-refractivity contribution is -0.126. The summed E-state index contributed by atoms with van der Waals surface area (Å²) in [5, 5.41) is 3.03. The van der Waals surface area contributed by atoms with Crippen LogP contribution in [0.25, 0.3) is 0 Å². The van der Waals surface area contributed by atoms with Gasteiger partial charge in [-0.05, 0) is 24.6 Å². The van der Waals surface area contributed by atoms with E-state index in [2.05, 4.69) is 20.1 Å². The summed E-state index contributed by atoms with van der Waals surface area (Å²) in [5.41, 5.74) is 1.12. The van der Waals surface area contributed by atoms with Gasteiger partial charge in [-0.15, -0.1) is 0 Å². The minimum atomic E-state index is -0.111. The Morgan fingerprint density at radius 2 is 1.79 bits per heavy atom. The molecule has 126 valence electrons. The second-order valence-electron chi connectivity index (χ2n) is 6.09. The largest absolute Gasteiger partial charge is 0.354 e. The minimum absolute atomic E-state index is 0.0881. The molecule has 1 amide bonds. The molecule has 0 bridgehead atoms. The first-order chi connectivity index (χ1) is 11.7. The Kier molecular flexibility index (Phi) is 5.43. The Balaban J connectivity index is 1.47. The number of carbonyl (C=O) groups excluding carboxylic acids is 1. The van der Waals surface area contributed by atoms with Gasteiger partial charge in [-0.1, -0.05) is 36.4 Å². The van der Waals surface area contributed by atoms with Gasteiger partial charge in [0.05, 0.1) is 6.04 Å². The summed E-state index contributed by atoms with van der Waals surface area (Å²) in [6.07, 6.45) is 1.82. The molecule has 2 aromatic rings. The van der Waals surface area contributed by atoms with Crippen LogP contribution < -0.4 is 10.2 Å². The second kappa shape index (κ2) is 7.93. The highest BCUT2D eigenvalue weighted by atomic mass is 16.2. The summed E-state index contributed by atoms with van der Waals surface area (Å²) in [4.78, 5) is 21.3. The van der Waals surface area contributed by atoms with Crippen LogP contribution in [-0.2, 0) is 11.3 Å². The van der Waals surface area contributed by atoms with E-state index in [1.807, 2.05) is 61.7 Å². The van der Waals surface area contributed by atoms with Crippen molar-refractivity contribution >= 4 is 11.7 Å². The number of nitrogens with one attached hydrogen (secondary N) is 1. The summed E-state index contributed by atoms with van der Waals surface area (Å²) in [6, 6.07) is 15.9. The van der Waals surface area contributed by atoms with Gasteiger partial charge in [0, 0.05) is 38.9 Å². The topological polar surface area (TPSA) is 48.5 Å². The number of carbonyl (C=O) groups is 1. The number of benzene rings is 1. The quantitative estimate of drug-likeness (QED) is 0.913. The average molecular weight is 324 g/mol. The van der Waals surface area contributed by atoms with Crippen LogP contribution in [0.1, 0.15) is 12.5 Å². The highest BCUT2D eigenvalue weighted by Gasteiger charge is 2.25. The van der Waals surface area contributed by atoms with Gasteiger partial charge in [0.25, 0.3) is 0 Å². The van der Waals surface area contributed by atoms with Crippen LogP contribution in [0.4, 0.5) is 5.82 Å². The standard InChI is InChI=1S/C19H24N4O/c1-16(19(24)21-15-17-7-3-2-4-8-17)22-11-13-23(14-12-22)18-9-5-6-10-20-18/h2-10,16H,11-15H2,1H3,(H,21,24)/t16-/m0/s1. The van der Waals surface area contributed by atoms with E-state index >= 15 is 0 Å². The van der Waals surface area contributed by atoms with E-state index in [4.69, 9.17) is 0 Å². The lowest BCUT2D eigenvalue weighted by atomic mass is 10.2. The monoisotopic (exact) mass is 324 g/mol. The lowest BCUT2D eigenvalue weighted by Gasteiger charge is -2.37. The Morgan fingerprint density at radius 3 is 2.46 bits per heavy atom. The molecule has 1 aliphatic rings. The number of aromatic nitrogens is 1. The maximum atomic E-state index is 12.4. The molecule has 5 heteroatoms. The molecular formula is C19H24N4O. The molecule has 1 aliphatic heterocycles. The summed E-state index contributed by atoms with van der Waals surface area (Å²) >= 11 is 0. The fourth-order valence-corrected chi connectivity index (χ4v) is 2.98. The minimum Gasteiger partial charge on any atom is -0.354 e. The van der Waals surface area contributed by atoms with E-state index in [-0.39, 0.29) is 11.9 Å². The number of pyridine rings is 1. The molecule has 1 aromatic carbocycles. The number of nitrogens with zero attached hydrogens (tertiary/aromatic N) is 3. The number of hydrogen-bond donors (Lipinski definition) is 1. The van der Waals surface area contributed by atoms with E-state index in [1.54, 1.807) is 0 Å². The van der Waals surface area contributed by atoms with Crippen LogP contribution in [0.5, 0.6) is 0 Å². The van der Waals surface area contributed by atoms with E-state index in [0.717, 1.165) is 37.6 Å². The molecule has 0 saturated carbocycles. The zero-order valence-corrected chi connectivity index (χ0v) is 14.1. The first kappa shape index (κ1) is 16.5. The summed E-state index contributed by atoms with van der Waals surface area (Å²) in [5.74, 6) is 1.10. The number of rotatable bonds is 5. The molecule has 1 atom stereocenters. The third-order valence-electron chi connectivity index (χ3n) is 4.52. The SMILES string of the molecule is C[C@@H](C(=O)NCc1ccccc1)N1CCN(c2ccccn2)CC1. The maximum absolute atomic E-state index is 12.4. The van der Waals surface area contributed by atoms with Crippen LogP contribution >= 0.6 is 0 Å². The van der Waals surface area contributed by atoms with Gasteiger partial charge in [0.2, 0.25) is 5.91 Å². The molecule has 1 saturated heterocycles. The van der Waals surface area contributed by atoms with Crippen molar-refractivity contribution in [3.8, 4) is 0 Å². The number of amides is 1. The Bertz CT molecular complexity index is 639. The zero-order valence-electron chi connectivity index (χ0n) is 14.1. The molecule has 0 aliphatic carbocycles. The predicted octanol–water partition coefficient (Wildman–Crippen LogP) is 1.91. The van der Waals surface area contributed by atoms with Crippen LogP contribution in [0.3, 0.4) is 0 Å². The first-order valence-corrected chi connectivity index (χ1v) is 8.46. The highest BCUT2D eigenvalue weighted by Crippen LogP contribution is 2.14. The summed E-state index contributed by atoms with van der Waals surface area (Å²) in [7, 11) is 0. The van der Waals surface area contributed by atoms with Crippen LogP contribution in [0, 0.1) is 0 Å². The number of anilines is 1. The van der Waals surface area contributed by atoms with Crippen molar-refractivity contribution in [1.82, 2.24) is 15.2 Å². The highest BCUT2D eigenvalue weighted by molar-refractivity contribution is 5.81. The molecule has 0 spiro atoms. The molecule has 3 rings (SSSR count). The molecule has 0 radical (unpaired) electrons. The maximum Gasteiger partial charge on any atom is 0.237 e. The van der Waals surface area contributed by atoms with Gasteiger partial charge in [0.1, 0.15) is 5.82 Å². The van der Waals surface area contributed by atoms with Crippen LogP contribution in [0.15, 0.2) is 54.7 Å². The second-order valence-corrected chi connectivity index (χ2v) is 6.09. The Labute approximate surface area is 143 Å². The first-order valence-electron chi connectivity index (χ1n) is 8.46. The fraction of sp³-hybridized carbons (Fsp3) is 0.368. The van der Waals surface area contributed by atoms with Gasteiger partial charge in [-0.2, -0.15) is 0 Å². The van der Waals surface area contributed by atoms with Gasteiger partial charge in [0.15, 0.2) is 0 Å². The van der Waals surface area contributed by atoms with E-state index in [9.17, 15) is 4.79 Å². The summed E-state index contributed by atoms with van der Waals surface area (Å²) in [6.45, 7) is 6.10. The van der Waals surface area contributed by atoms with Crippen molar-refractivity contribution in [3.63, 3.8) is 0 Å². The van der Waals surface area contributed by atoms with Gasteiger partial charge >= 0.3 is 0 Å². The molecule has 1 fully saturated rings. The van der Waals surface area contributed by atoms with E-state index < -0.39 is 0 Å². The Morgan fingerprint density at radius 1 is 1.08 bits per heavy atom. The number of hydrogen-bond acceptors (Lipinski definition) is 4. The Hall–Kier alpha value is -2.40. The van der Waals surface area contributed by atoms with Crippen molar-refractivity contribution in [3.05, 3.63) is 60.3 Å². The van der Waals surface area contributed by atoms with Gasteiger partial charge in [-0.25, -0.2) is 4.98 Å². The number of piperazine rings is 1. The van der Waals surface area contributed by atoms with E-state index in [0.29, 0.717) is 6.54 Å². The van der Waals surface area contributed by atoms with E-state index in [1.165, 1.54) is 0 Å². The van der Waals surface area contributed by atoms with Crippen molar-refractivity contribution in [2.45, 2.75) is 19.5 Å². The normalized spacial score (nSPS) is 16.6. The van der Waals surface area contributed by atoms with Gasteiger partial charge < -0.3 is 10.2 Å². The summed E-state index contributed by atoms with van der Waals surface area (Å²) < 4.78 is 0.